The van der Waals surface area contributed by atoms with E-state index in [-0.39, 0.29) is 35.6 Å². The van der Waals surface area contributed by atoms with Crippen molar-refractivity contribution in [1.29, 1.82) is 0 Å². The predicted octanol–water partition coefficient (Wildman–Crippen LogP) is 6.15. The predicted molar refractivity (Wildman–Crippen MR) is 175 cm³/mol. The molecule has 0 bridgehead atoms. The summed E-state index contributed by atoms with van der Waals surface area (Å²) in [7, 11) is -3.95. The van der Waals surface area contributed by atoms with Crippen LogP contribution >= 0.6 is 0 Å². The number of carbonyl (C=O) groups excluding carboxylic acids is 1. The molecule has 0 fully saturated rings. The number of aromatic nitrogens is 4. The molecule has 1 amide bonds. The summed E-state index contributed by atoms with van der Waals surface area (Å²) in [6, 6.07) is 17.6. The summed E-state index contributed by atoms with van der Waals surface area (Å²) in [6.07, 6.45) is 3.93. The molecular weight excluding hydrogens is 603 g/mol. The van der Waals surface area contributed by atoms with Gasteiger partial charge in [0.2, 0.25) is 15.9 Å². The van der Waals surface area contributed by atoms with Crippen LogP contribution in [0, 0.1) is 25.6 Å². The molecule has 0 aliphatic carbocycles. The van der Waals surface area contributed by atoms with E-state index >= 15 is 0 Å². The van der Waals surface area contributed by atoms with Crippen molar-refractivity contribution in [2.75, 3.05) is 11.9 Å². The number of sulfonamides is 1. The summed E-state index contributed by atoms with van der Waals surface area (Å²) in [5, 5.41) is 11.7. The normalized spacial score (nSPS) is 16.9. The molecular formula is C35H37FN6O3S. The molecule has 1 unspecified atom stereocenters. The van der Waals surface area contributed by atoms with Crippen LogP contribution in [0.5, 0.6) is 0 Å². The minimum absolute atomic E-state index is 0.0275. The number of fused-ring (bicyclic) bond motifs is 2. The molecule has 0 spiro atoms. The highest BCUT2D eigenvalue weighted by molar-refractivity contribution is 7.89. The lowest BCUT2D eigenvalue weighted by Gasteiger charge is -2.25. The first kappa shape index (κ1) is 31.5. The van der Waals surface area contributed by atoms with Crippen LogP contribution in [-0.2, 0) is 34.3 Å². The fraction of sp³-hybridized carbons (Fsp3) is 0.314. The van der Waals surface area contributed by atoms with Crippen LogP contribution in [0.4, 0.5) is 10.1 Å². The Kier molecular flexibility index (Phi) is 8.71. The minimum atomic E-state index is -3.95. The number of anilines is 1. The molecule has 5 aromatic rings. The third-order valence-electron chi connectivity index (χ3n) is 8.85. The van der Waals surface area contributed by atoms with Crippen LogP contribution in [0.3, 0.4) is 0 Å². The van der Waals surface area contributed by atoms with E-state index in [1.807, 2.05) is 62.7 Å². The maximum Gasteiger partial charge on any atom is 0.243 e. The van der Waals surface area contributed by atoms with Crippen LogP contribution in [0.2, 0.25) is 0 Å². The molecule has 11 heteroatoms. The van der Waals surface area contributed by atoms with Gasteiger partial charge in [0.05, 0.1) is 22.3 Å². The van der Waals surface area contributed by atoms with Gasteiger partial charge in [0, 0.05) is 38.2 Å². The molecule has 3 heterocycles. The second-order valence-electron chi connectivity index (χ2n) is 12.1. The summed E-state index contributed by atoms with van der Waals surface area (Å²) in [5.41, 5.74) is 7.42. The van der Waals surface area contributed by atoms with E-state index in [1.54, 1.807) is 30.6 Å². The second-order valence-corrected chi connectivity index (χ2v) is 14.1. The number of amides is 1. The highest BCUT2D eigenvalue weighted by Gasteiger charge is 2.33. The molecule has 1 aliphatic heterocycles. The van der Waals surface area contributed by atoms with Crippen LogP contribution < -0.4 is 5.32 Å². The first-order valence-corrected chi connectivity index (χ1v) is 16.9. The summed E-state index contributed by atoms with van der Waals surface area (Å²) >= 11 is 0. The summed E-state index contributed by atoms with van der Waals surface area (Å²) in [4.78, 5) is 17.6. The highest BCUT2D eigenvalue weighted by atomic mass is 32.2. The molecule has 0 saturated carbocycles. The number of hydrogen-bond acceptors (Lipinski definition) is 6. The fourth-order valence-corrected chi connectivity index (χ4v) is 8.20. The quantitative estimate of drug-likeness (QED) is 0.218. The van der Waals surface area contributed by atoms with Crippen molar-refractivity contribution in [3.63, 3.8) is 0 Å². The first-order valence-electron chi connectivity index (χ1n) is 15.5. The number of carbonyl (C=O) groups is 1. The Bertz CT molecular complexity index is 2030. The Morgan fingerprint density at radius 3 is 2.70 bits per heavy atom. The number of hydrogen-bond donors (Lipinski definition) is 1. The van der Waals surface area contributed by atoms with Crippen LogP contribution in [-0.4, -0.2) is 45.2 Å². The van der Waals surface area contributed by atoms with Gasteiger partial charge >= 0.3 is 0 Å². The maximum absolute atomic E-state index is 14.3. The molecule has 238 valence electrons. The zero-order valence-corrected chi connectivity index (χ0v) is 27.2. The van der Waals surface area contributed by atoms with Gasteiger partial charge in [-0.15, -0.1) is 5.10 Å². The third kappa shape index (κ3) is 6.17. The van der Waals surface area contributed by atoms with Gasteiger partial charge in [-0.05, 0) is 96.8 Å². The van der Waals surface area contributed by atoms with Crippen molar-refractivity contribution in [3.05, 3.63) is 112 Å². The topological polar surface area (TPSA) is 110 Å². The maximum atomic E-state index is 14.3. The van der Waals surface area contributed by atoms with E-state index in [1.165, 1.54) is 10.4 Å². The number of pyridine rings is 1. The number of nitrogens with one attached hydrogen (secondary N) is 1. The van der Waals surface area contributed by atoms with E-state index in [9.17, 15) is 17.6 Å². The number of aryl methyl sites for hydroxylation is 3. The molecule has 2 aromatic heterocycles. The molecule has 1 N–H and O–H groups in total. The average molecular weight is 641 g/mol. The van der Waals surface area contributed by atoms with Gasteiger partial charge in [-0.2, -0.15) is 4.31 Å². The van der Waals surface area contributed by atoms with Crippen molar-refractivity contribution in [2.24, 2.45) is 5.92 Å². The van der Waals surface area contributed by atoms with E-state index < -0.39 is 15.8 Å². The first-order chi connectivity index (χ1) is 22.0. The standard InChI is InChI=1S/C35H37FN6O3S/c1-5-42-32-13-12-30(24(4)35(32)39-40-42)31(18-34(43)38-29-7-6-14-37-19-29)25-9-8-23(3)27(16-25)21-41-20-22(2)15-26-10-11-28(36)17-33(26)46(41,44)45/h6-14,16-17,19,22,31H,5,15,18,20-21H2,1-4H3,(H,38,43)/t22-,31?/m0/s1. The van der Waals surface area contributed by atoms with Gasteiger partial charge in [0.25, 0.3) is 0 Å². The van der Waals surface area contributed by atoms with Gasteiger partial charge in [0.15, 0.2) is 0 Å². The molecule has 3 aromatic carbocycles. The molecule has 2 atom stereocenters. The van der Waals surface area contributed by atoms with Crippen LogP contribution in [0.25, 0.3) is 11.0 Å². The molecule has 46 heavy (non-hydrogen) atoms. The van der Waals surface area contributed by atoms with Gasteiger partial charge in [-0.1, -0.05) is 42.5 Å². The number of halogens is 1. The lowest BCUT2D eigenvalue weighted by Crippen LogP contribution is -2.33. The smallest absolute Gasteiger partial charge is 0.243 e. The van der Waals surface area contributed by atoms with Crippen LogP contribution in [0.1, 0.15) is 59.6 Å². The molecule has 1 aliphatic rings. The number of benzene rings is 3. The van der Waals surface area contributed by atoms with Crippen molar-refractivity contribution in [2.45, 2.75) is 64.4 Å². The SMILES string of the molecule is CCn1nnc2c(C)c(C(CC(=O)Nc3cccnc3)c3ccc(C)c(CN4C[C@@H](C)Cc5ccc(F)cc5S4(=O)=O)c3)ccc21. The van der Waals surface area contributed by atoms with E-state index in [4.69, 9.17) is 0 Å². The Hall–Kier alpha value is -4.48. The average Bonchev–Trinajstić information content (AvgIpc) is 3.43. The lowest BCUT2D eigenvalue weighted by atomic mass is 9.84. The van der Waals surface area contributed by atoms with E-state index in [2.05, 4.69) is 20.6 Å². The lowest BCUT2D eigenvalue weighted by molar-refractivity contribution is -0.116. The van der Waals surface area contributed by atoms with E-state index in [0.29, 0.717) is 30.8 Å². The van der Waals surface area contributed by atoms with Gasteiger partial charge in [-0.3, -0.25) is 9.78 Å². The van der Waals surface area contributed by atoms with Crippen molar-refractivity contribution >= 4 is 32.7 Å². The zero-order chi connectivity index (χ0) is 32.6. The molecule has 0 saturated heterocycles. The highest BCUT2D eigenvalue weighted by Crippen LogP contribution is 2.36. The Balaban J connectivity index is 1.40. The van der Waals surface area contributed by atoms with Crippen molar-refractivity contribution in [1.82, 2.24) is 24.3 Å². The van der Waals surface area contributed by atoms with Gasteiger partial charge in [0.1, 0.15) is 11.3 Å². The minimum Gasteiger partial charge on any atom is -0.325 e. The zero-order valence-electron chi connectivity index (χ0n) is 26.4. The van der Waals surface area contributed by atoms with E-state index in [0.717, 1.165) is 44.9 Å². The van der Waals surface area contributed by atoms with Crippen molar-refractivity contribution in [3.8, 4) is 0 Å². The molecule has 9 nitrogen and oxygen atoms in total. The summed E-state index contributed by atoms with van der Waals surface area (Å²) in [6.45, 7) is 9.08. The molecule has 0 radical (unpaired) electrons. The largest absolute Gasteiger partial charge is 0.325 e. The van der Waals surface area contributed by atoms with Crippen LogP contribution in [0.15, 0.2) is 78.0 Å². The Morgan fingerprint density at radius 1 is 1.11 bits per heavy atom. The van der Waals surface area contributed by atoms with Gasteiger partial charge < -0.3 is 5.32 Å². The monoisotopic (exact) mass is 640 g/mol. The van der Waals surface area contributed by atoms with Gasteiger partial charge in [-0.25, -0.2) is 17.5 Å². The van der Waals surface area contributed by atoms with Crippen molar-refractivity contribution < 1.29 is 17.6 Å². The molecule has 6 rings (SSSR count). The summed E-state index contributed by atoms with van der Waals surface area (Å²) < 4.78 is 45.3. The Morgan fingerprint density at radius 2 is 1.93 bits per heavy atom. The number of rotatable bonds is 8. The fourth-order valence-electron chi connectivity index (χ4n) is 6.42. The number of nitrogens with zero attached hydrogens (tertiary/aromatic N) is 5. The second kappa shape index (κ2) is 12.7. The summed E-state index contributed by atoms with van der Waals surface area (Å²) in [5.74, 6) is -1.07. The third-order valence-corrected chi connectivity index (χ3v) is 10.7. The Labute approximate surface area is 268 Å².